The third-order valence-electron chi connectivity index (χ3n) is 4.95. The summed E-state index contributed by atoms with van der Waals surface area (Å²) in [6.45, 7) is 3.21. The second-order valence-electron chi connectivity index (χ2n) is 6.14. The van der Waals surface area contributed by atoms with Crippen LogP contribution in [0.5, 0.6) is 0 Å². The van der Waals surface area contributed by atoms with E-state index in [1.807, 2.05) is 11.9 Å². The number of aliphatic hydroxyl groups excluding tert-OH is 1. The lowest BCUT2D eigenvalue weighted by atomic mass is 9.92. The zero-order valence-corrected chi connectivity index (χ0v) is 12.3. The van der Waals surface area contributed by atoms with Gasteiger partial charge in [-0.25, -0.2) is 0 Å². The SMILES string of the molecule is CC1CCN(C2CCCCC2)C(CCO)C(=O)N1C. The molecule has 4 heteroatoms. The molecule has 2 atom stereocenters. The van der Waals surface area contributed by atoms with Crippen LogP contribution in [0.1, 0.15) is 51.9 Å². The van der Waals surface area contributed by atoms with Crippen LogP contribution in [0, 0.1) is 0 Å². The van der Waals surface area contributed by atoms with Crippen LogP contribution < -0.4 is 0 Å². The maximum Gasteiger partial charge on any atom is 0.240 e. The van der Waals surface area contributed by atoms with Crippen molar-refractivity contribution in [3.05, 3.63) is 0 Å². The Labute approximate surface area is 116 Å². The van der Waals surface area contributed by atoms with E-state index in [4.69, 9.17) is 0 Å². The van der Waals surface area contributed by atoms with Crippen LogP contribution in [0.4, 0.5) is 0 Å². The minimum atomic E-state index is -0.108. The number of rotatable bonds is 3. The van der Waals surface area contributed by atoms with Crippen LogP contribution in [0.2, 0.25) is 0 Å². The molecule has 1 aliphatic heterocycles. The van der Waals surface area contributed by atoms with Crippen LogP contribution >= 0.6 is 0 Å². The average molecular weight is 268 g/mol. The van der Waals surface area contributed by atoms with Crippen molar-refractivity contribution in [1.29, 1.82) is 0 Å². The number of amides is 1. The van der Waals surface area contributed by atoms with E-state index in [0.717, 1.165) is 13.0 Å². The molecule has 110 valence electrons. The Hall–Kier alpha value is -0.610. The lowest BCUT2D eigenvalue weighted by Gasteiger charge is -2.38. The minimum Gasteiger partial charge on any atom is -0.396 e. The molecule has 1 amide bonds. The highest BCUT2D eigenvalue weighted by Gasteiger charge is 2.37. The van der Waals surface area contributed by atoms with Gasteiger partial charge in [-0.15, -0.1) is 0 Å². The Bertz CT molecular complexity index is 303. The van der Waals surface area contributed by atoms with Gasteiger partial charge in [-0.05, 0) is 32.6 Å². The number of aliphatic hydroxyl groups is 1. The van der Waals surface area contributed by atoms with Crippen molar-refractivity contribution >= 4 is 5.91 Å². The van der Waals surface area contributed by atoms with Crippen molar-refractivity contribution in [3.63, 3.8) is 0 Å². The van der Waals surface area contributed by atoms with E-state index in [-0.39, 0.29) is 18.6 Å². The number of nitrogens with zero attached hydrogens (tertiary/aromatic N) is 2. The molecular formula is C15H28N2O2. The maximum atomic E-state index is 12.6. The van der Waals surface area contributed by atoms with E-state index in [9.17, 15) is 9.90 Å². The second-order valence-corrected chi connectivity index (χ2v) is 6.14. The van der Waals surface area contributed by atoms with Crippen LogP contribution in [0.25, 0.3) is 0 Å². The van der Waals surface area contributed by atoms with Gasteiger partial charge in [0.05, 0.1) is 6.04 Å². The van der Waals surface area contributed by atoms with Gasteiger partial charge in [0.2, 0.25) is 5.91 Å². The number of hydrogen-bond acceptors (Lipinski definition) is 3. The summed E-state index contributed by atoms with van der Waals surface area (Å²) in [6, 6.07) is 0.748. The Morgan fingerprint density at radius 2 is 1.89 bits per heavy atom. The van der Waals surface area contributed by atoms with Gasteiger partial charge < -0.3 is 10.0 Å². The third kappa shape index (κ3) is 3.29. The fourth-order valence-corrected chi connectivity index (χ4v) is 3.54. The molecule has 1 heterocycles. The van der Waals surface area contributed by atoms with Crippen molar-refractivity contribution in [2.24, 2.45) is 0 Å². The fraction of sp³-hybridized carbons (Fsp3) is 0.933. The first-order valence-corrected chi connectivity index (χ1v) is 7.78. The smallest absolute Gasteiger partial charge is 0.240 e. The summed E-state index contributed by atoms with van der Waals surface area (Å²) in [5.74, 6) is 0.199. The zero-order valence-electron chi connectivity index (χ0n) is 12.3. The Morgan fingerprint density at radius 3 is 2.53 bits per heavy atom. The van der Waals surface area contributed by atoms with Gasteiger partial charge in [0.25, 0.3) is 0 Å². The van der Waals surface area contributed by atoms with Gasteiger partial charge in [-0.1, -0.05) is 19.3 Å². The lowest BCUT2D eigenvalue weighted by molar-refractivity contribution is -0.137. The molecule has 0 bridgehead atoms. The summed E-state index contributed by atoms with van der Waals surface area (Å²) in [6.07, 6.45) is 7.95. The number of carbonyl (C=O) groups excluding carboxylic acids is 1. The molecule has 1 saturated heterocycles. The molecule has 2 fully saturated rings. The molecule has 4 nitrogen and oxygen atoms in total. The fourth-order valence-electron chi connectivity index (χ4n) is 3.54. The van der Waals surface area contributed by atoms with Crippen molar-refractivity contribution in [2.45, 2.75) is 70.0 Å². The van der Waals surface area contributed by atoms with Gasteiger partial charge in [0, 0.05) is 32.3 Å². The first-order chi connectivity index (χ1) is 9.15. The average Bonchev–Trinajstić information content (AvgIpc) is 2.54. The molecule has 2 rings (SSSR count). The molecule has 1 N–H and O–H groups in total. The van der Waals surface area contributed by atoms with Crippen LogP contribution in [-0.4, -0.2) is 59.1 Å². The van der Waals surface area contributed by atoms with Crippen LogP contribution in [-0.2, 0) is 4.79 Å². The van der Waals surface area contributed by atoms with Crippen molar-refractivity contribution in [1.82, 2.24) is 9.80 Å². The largest absolute Gasteiger partial charge is 0.396 e. The van der Waals surface area contributed by atoms with Gasteiger partial charge in [0.1, 0.15) is 0 Å². The highest BCUT2D eigenvalue weighted by atomic mass is 16.3. The van der Waals surface area contributed by atoms with E-state index >= 15 is 0 Å². The predicted octanol–water partition coefficient (Wildman–Crippen LogP) is 1.62. The maximum absolute atomic E-state index is 12.6. The molecule has 2 unspecified atom stereocenters. The standard InChI is InChI=1S/C15H28N2O2/c1-12-8-10-17(13-6-4-3-5-7-13)14(9-11-18)15(19)16(12)2/h12-14,18H,3-11H2,1-2H3. The number of likely N-dealkylation sites (N-methyl/N-ethyl adjacent to an activating group) is 1. The van der Waals surface area contributed by atoms with Crippen molar-refractivity contribution < 1.29 is 9.90 Å². The molecule has 1 aliphatic carbocycles. The van der Waals surface area contributed by atoms with Gasteiger partial charge in [0.15, 0.2) is 0 Å². The summed E-state index contributed by atoms with van der Waals surface area (Å²) >= 11 is 0. The second kappa shape index (κ2) is 6.71. The lowest BCUT2D eigenvalue weighted by Crippen LogP contribution is -2.50. The van der Waals surface area contributed by atoms with Gasteiger partial charge in [-0.2, -0.15) is 0 Å². The number of hydrogen-bond donors (Lipinski definition) is 1. The number of carbonyl (C=O) groups is 1. The molecular weight excluding hydrogens is 240 g/mol. The van der Waals surface area contributed by atoms with E-state index in [2.05, 4.69) is 11.8 Å². The first-order valence-electron chi connectivity index (χ1n) is 7.78. The van der Waals surface area contributed by atoms with Gasteiger partial charge in [-0.3, -0.25) is 9.69 Å². The summed E-state index contributed by atoms with van der Waals surface area (Å²) in [5.41, 5.74) is 0. The van der Waals surface area contributed by atoms with Crippen LogP contribution in [0.3, 0.4) is 0 Å². The first kappa shape index (κ1) is 14.8. The Morgan fingerprint density at radius 1 is 1.21 bits per heavy atom. The molecule has 2 aliphatic rings. The van der Waals surface area contributed by atoms with Crippen LogP contribution in [0.15, 0.2) is 0 Å². The van der Waals surface area contributed by atoms with E-state index in [1.165, 1.54) is 32.1 Å². The highest BCUT2D eigenvalue weighted by molar-refractivity contribution is 5.82. The summed E-state index contributed by atoms with van der Waals surface area (Å²) < 4.78 is 0. The normalized spacial score (nSPS) is 31.5. The monoisotopic (exact) mass is 268 g/mol. The molecule has 0 spiro atoms. The molecule has 1 saturated carbocycles. The molecule has 19 heavy (non-hydrogen) atoms. The Kier molecular flexibility index (Phi) is 5.22. The quantitative estimate of drug-likeness (QED) is 0.846. The molecule has 0 aromatic rings. The zero-order chi connectivity index (χ0) is 13.8. The van der Waals surface area contributed by atoms with E-state index in [1.54, 1.807) is 0 Å². The molecule has 0 radical (unpaired) electrons. The minimum absolute atomic E-state index is 0.0991. The van der Waals surface area contributed by atoms with E-state index in [0.29, 0.717) is 18.5 Å². The Balaban J connectivity index is 2.15. The highest BCUT2D eigenvalue weighted by Crippen LogP contribution is 2.28. The summed E-state index contributed by atoms with van der Waals surface area (Å²) in [7, 11) is 1.90. The summed E-state index contributed by atoms with van der Waals surface area (Å²) in [5, 5.41) is 9.30. The molecule has 0 aromatic carbocycles. The van der Waals surface area contributed by atoms with E-state index < -0.39 is 0 Å². The van der Waals surface area contributed by atoms with Crippen molar-refractivity contribution in [2.75, 3.05) is 20.2 Å². The van der Waals surface area contributed by atoms with Crippen molar-refractivity contribution in [3.8, 4) is 0 Å². The molecule has 0 aromatic heterocycles. The van der Waals surface area contributed by atoms with Gasteiger partial charge >= 0.3 is 0 Å². The third-order valence-corrected chi connectivity index (χ3v) is 4.95. The topological polar surface area (TPSA) is 43.8 Å². The predicted molar refractivity (Wildman–Crippen MR) is 75.9 cm³/mol. The summed E-state index contributed by atoms with van der Waals surface area (Å²) in [4.78, 5) is 16.9.